The Morgan fingerprint density at radius 2 is 2.25 bits per heavy atom. The Balaban J connectivity index is 2.31. The zero-order valence-corrected chi connectivity index (χ0v) is 11.5. The number of rotatable bonds is 5. The zero-order chi connectivity index (χ0) is 12.0. The van der Waals surface area contributed by atoms with Crippen LogP contribution in [-0.2, 0) is 4.79 Å². The van der Waals surface area contributed by atoms with E-state index >= 15 is 0 Å². The number of thioether (sulfide) groups is 1. The molecule has 1 atom stereocenters. The van der Waals surface area contributed by atoms with Gasteiger partial charge in [0.25, 0.3) is 0 Å². The standard InChI is InChI=1S/C12H24N2OS/c1-4-13-11(15)12(2,3)9-14-10-6-5-7-16-8-10/h10,14H,4-9H2,1-3H3,(H,13,15). The summed E-state index contributed by atoms with van der Waals surface area (Å²) in [5, 5.41) is 6.41. The van der Waals surface area contributed by atoms with Crippen LogP contribution in [0.2, 0.25) is 0 Å². The molecule has 1 heterocycles. The van der Waals surface area contributed by atoms with Crippen LogP contribution in [-0.4, -0.2) is 36.5 Å². The van der Waals surface area contributed by atoms with E-state index in [1.807, 2.05) is 32.5 Å². The molecule has 0 radical (unpaired) electrons. The highest BCUT2D eigenvalue weighted by Crippen LogP contribution is 2.19. The molecule has 1 amide bonds. The number of carbonyl (C=O) groups excluding carboxylic acids is 1. The first-order valence-electron chi connectivity index (χ1n) is 6.15. The van der Waals surface area contributed by atoms with Gasteiger partial charge in [-0.05, 0) is 39.4 Å². The first-order chi connectivity index (χ1) is 7.56. The molecule has 0 bridgehead atoms. The van der Waals surface area contributed by atoms with E-state index < -0.39 is 0 Å². The van der Waals surface area contributed by atoms with Crippen LogP contribution in [0.15, 0.2) is 0 Å². The van der Waals surface area contributed by atoms with Crippen molar-refractivity contribution in [3.8, 4) is 0 Å². The van der Waals surface area contributed by atoms with Crippen molar-refractivity contribution in [3.05, 3.63) is 0 Å². The van der Waals surface area contributed by atoms with Crippen molar-refractivity contribution < 1.29 is 4.79 Å². The number of hydrogen-bond donors (Lipinski definition) is 2. The van der Waals surface area contributed by atoms with Crippen LogP contribution in [0.25, 0.3) is 0 Å². The van der Waals surface area contributed by atoms with E-state index in [9.17, 15) is 4.79 Å². The van der Waals surface area contributed by atoms with Gasteiger partial charge in [-0.15, -0.1) is 0 Å². The van der Waals surface area contributed by atoms with Gasteiger partial charge in [0.05, 0.1) is 5.41 Å². The van der Waals surface area contributed by atoms with E-state index in [4.69, 9.17) is 0 Å². The average molecular weight is 244 g/mol. The molecule has 16 heavy (non-hydrogen) atoms. The first-order valence-corrected chi connectivity index (χ1v) is 7.31. The van der Waals surface area contributed by atoms with E-state index in [0.717, 1.165) is 6.54 Å². The summed E-state index contributed by atoms with van der Waals surface area (Å²) < 4.78 is 0. The maximum absolute atomic E-state index is 11.8. The Morgan fingerprint density at radius 3 is 2.81 bits per heavy atom. The molecule has 1 aliphatic heterocycles. The van der Waals surface area contributed by atoms with Gasteiger partial charge in [0, 0.05) is 24.9 Å². The molecule has 0 saturated carbocycles. The van der Waals surface area contributed by atoms with E-state index in [-0.39, 0.29) is 11.3 Å². The lowest BCUT2D eigenvalue weighted by atomic mass is 9.91. The van der Waals surface area contributed by atoms with Crippen LogP contribution in [0.1, 0.15) is 33.6 Å². The van der Waals surface area contributed by atoms with Gasteiger partial charge in [0.2, 0.25) is 5.91 Å². The molecule has 3 nitrogen and oxygen atoms in total. The average Bonchev–Trinajstić information content (AvgIpc) is 2.28. The summed E-state index contributed by atoms with van der Waals surface area (Å²) in [5.41, 5.74) is -0.307. The molecule has 94 valence electrons. The van der Waals surface area contributed by atoms with Crippen LogP contribution in [0.5, 0.6) is 0 Å². The van der Waals surface area contributed by atoms with E-state index in [0.29, 0.717) is 12.6 Å². The number of nitrogens with one attached hydrogen (secondary N) is 2. The summed E-state index contributed by atoms with van der Waals surface area (Å²) in [5.74, 6) is 2.62. The lowest BCUT2D eigenvalue weighted by molar-refractivity contribution is -0.129. The van der Waals surface area contributed by atoms with Crippen molar-refractivity contribution in [1.82, 2.24) is 10.6 Å². The normalized spacial score (nSPS) is 21.8. The molecule has 4 heteroatoms. The Labute approximate surface area is 103 Å². The largest absolute Gasteiger partial charge is 0.356 e. The van der Waals surface area contributed by atoms with Crippen molar-refractivity contribution >= 4 is 17.7 Å². The van der Waals surface area contributed by atoms with Crippen molar-refractivity contribution in [2.75, 3.05) is 24.6 Å². The number of carbonyl (C=O) groups is 1. The van der Waals surface area contributed by atoms with Gasteiger partial charge in [-0.25, -0.2) is 0 Å². The fraction of sp³-hybridized carbons (Fsp3) is 0.917. The molecular formula is C12H24N2OS. The van der Waals surface area contributed by atoms with E-state index in [2.05, 4.69) is 10.6 Å². The highest BCUT2D eigenvalue weighted by Gasteiger charge is 2.28. The SMILES string of the molecule is CCNC(=O)C(C)(C)CNC1CCCSC1. The molecule has 1 aliphatic rings. The second-order valence-electron chi connectivity index (χ2n) is 5.04. The smallest absolute Gasteiger partial charge is 0.226 e. The van der Waals surface area contributed by atoms with Crippen LogP contribution in [0, 0.1) is 5.41 Å². The molecule has 2 N–H and O–H groups in total. The zero-order valence-electron chi connectivity index (χ0n) is 10.6. The third kappa shape index (κ3) is 4.34. The maximum atomic E-state index is 11.8. The first kappa shape index (κ1) is 13.8. The topological polar surface area (TPSA) is 41.1 Å². The molecule has 1 fully saturated rings. The minimum Gasteiger partial charge on any atom is -0.356 e. The Hall–Kier alpha value is -0.220. The minimum atomic E-state index is -0.307. The highest BCUT2D eigenvalue weighted by molar-refractivity contribution is 7.99. The van der Waals surface area contributed by atoms with E-state index in [1.54, 1.807) is 0 Å². The predicted molar refractivity (Wildman–Crippen MR) is 70.8 cm³/mol. The van der Waals surface area contributed by atoms with Gasteiger partial charge in [0.1, 0.15) is 0 Å². The van der Waals surface area contributed by atoms with Crippen LogP contribution in [0.4, 0.5) is 0 Å². The Kier molecular flexibility index (Phi) is 5.62. The summed E-state index contributed by atoms with van der Waals surface area (Å²) in [6, 6.07) is 0.590. The second-order valence-corrected chi connectivity index (χ2v) is 6.19. The predicted octanol–water partition coefficient (Wildman–Crippen LogP) is 1.63. The second kappa shape index (κ2) is 6.50. The van der Waals surface area contributed by atoms with Gasteiger partial charge >= 0.3 is 0 Å². The number of hydrogen-bond acceptors (Lipinski definition) is 3. The van der Waals surface area contributed by atoms with Gasteiger partial charge in [-0.1, -0.05) is 0 Å². The summed E-state index contributed by atoms with van der Waals surface area (Å²) >= 11 is 2.01. The fourth-order valence-corrected chi connectivity index (χ4v) is 2.89. The maximum Gasteiger partial charge on any atom is 0.226 e. The van der Waals surface area contributed by atoms with Crippen LogP contribution >= 0.6 is 11.8 Å². The van der Waals surface area contributed by atoms with Gasteiger partial charge in [0.15, 0.2) is 0 Å². The van der Waals surface area contributed by atoms with Gasteiger partial charge in [-0.2, -0.15) is 11.8 Å². The summed E-state index contributed by atoms with van der Waals surface area (Å²) in [6.07, 6.45) is 2.54. The highest BCUT2D eigenvalue weighted by atomic mass is 32.2. The molecule has 0 aromatic heterocycles. The van der Waals surface area contributed by atoms with Crippen LogP contribution in [0.3, 0.4) is 0 Å². The molecule has 1 unspecified atom stereocenters. The van der Waals surface area contributed by atoms with Gasteiger partial charge < -0.3 is 10.6 Å². The molecule has 1 rings (SSSR count). The van der Waals surface area contributed by atoms with Crippen molar-refractivity contribution in [1.29, 1.82) is 0 Å². The monoisotopic (exact) mass is 244 g/mol. The summed E-state index contributed by atoms with van der Waals surface area (Å²) in [6.45, 7) is 7.44. The lowest BCUT2D eigenvalue weighted by Crippen LogP contribution is -2.47. The molecule has 0 aromatic rings. The molecular weight excluding hydrogens is 220 g/mol. The molecule has 0 aromatic carbocycles. The summed E-state index contributed by atoms with van der Waals surface area (Å²) in [4.78, 5) is 11.8. The third-order valence-electron chi connectivity index (χ3n) is 2.94. The Morgan fingerprint density at radius 1 is 1.50 bits per heavy atom. The molecule has 0 aliphatic carbocycles. The fourth-order valence-electron chi connectivity index (χ4n) is 1.78. The summed E-state index contributed by atoms with van der Waals surface area (Å²) in [7, 11) is 0. The van der Waals surface area contributed by atoms with Crippen molar-refractivity contribution in [2.24, 2.45) is 5.41 Å². The Bertz CT molecular complexity index is 225. The van der Waals surface area contributed by atoms with Gasteiger partial charge in [-0.3, -0.25) is 4.79 Å². The third-order valence-corrected chi connectivity index (χ3v) is 4.16. The molecule has 0 spiro atoms. The van der Waals surface area contributed by atoms with Crippen LogP contribution < -0.4 is 10.6 Å². The van der Waals surface area contributed by atoms with Crippen molar-refractivity contribution in [2.45, 2.75) is 39.7 Å². The minimum absolute atomic E-state index is 0.144. The van der Waals surface area contributed by atoms with Crippen molar-refractivity contribution in [3.63, 3.8) is 0 Å². The lowest BCUT2D eigenvalue weighted by Gasteiger charge is -2.29. The quantitative estimate of drug-likeness (QED) is 0.772. The van der Waals surface area contributed by atoms with E-state index in [1.165, 1.54) is 24.3 Å². The molecule has 1 saturated heterocycles. The number of amides is 1.